The number of unbranched alkanes of at least 4 members (excludes halogenated alkanes) is 2. The molecule has 0 aliphatic heterocycles. The number of hydrogen-bond acceptors (Lipinski definition) is 4. The first-order valence-corrected chi connectivity index (χ1v) is 6.26. The molecule has 0 saturated carbocycles. The van der Waals surface area contributed by atoms with Crippen LogP contribution < -0.4 is 0 Å². The minimum atomic E-state index is -0.461. The van der Waals surface area contributed by atoms with Gasteiger partial charge in [-0.25, -0.2) is 9.59 Å². The maximum atomic E-state index is 11.1. The molecule has 0 bridgehead atoms. The van der Waals surface area contributed by atoms with Gasteiger partial charge < -0.3 is 9.47 Å². The first kappa shape index (κ1) is 16.4. The molecule has 0 aromatic carbocycles. The molecule has 18 heavy (non-hydrogen) atoms. The van der Waals surface area contributed by atoms with Crippen molar-refractivity contribution in [3.05, 3.63) is 25.3 Å². The molecule has 0 amide bonds. The summed E-state index contributed by atoms with van der Waals surface area (Å²) in [7, 11) is 0. The van der Waals surface area contributed by atoms with E-state index in [0.717, 1.165) is 37.8 Å². The van der Waals surface area contributed by atoms with Crippen molar-refractivity contribution in [2.24, 2.45) is 0 Å². The highest BCUT2D eigenvalue weighted by molar-refractivity contribution is 5.81. The van der Waals surface area contributed by atoms with Crippen LogP contribution >= 0.6 is 0 Å². The molecule has 1 atom stereocenters. The van der Waals surface area contributed by atoms with Gasteiger partial charge in [0.15, 0.2) is 0 Å². The van der Waals surface area contributed by atoms with Crippen molar-refractivity contribution in [2.45, 2.75) is 45.1 Å². The molecule has 4 heteroatoms. The molecule has 0 rings (SSSR count). The van der Waals surface area contributed by atoms with E-state index in [-0.39, 0.29) is 12.7 Å². The first-order chi connectivity index (χ1) is 8.63. The van der Waals surface area contributed by atoms with Gasteiger partial charge in [0.2, 0.25) is 0 Å². The van der Waals surface area contributed by atoms with Crippen molar-refractivity contribution in [3.8, 4) is 0 Å². The Morgan fingerprint density at radius 2 is 1.78 bits per heavy atom. The molecule has 0 aromatic rings. The second-order valence-electron chi connectivity index (χ2n) is 3.92. The standard InChI is InChI=1S/C14H22O4/c1-4-7-8-9-12(18-14(16)6-3)10-11-17-13(15)5-2/h5-6,12H,2-4,7-11H2,1H3. The van der Waals surface area contributed by atoms with Crippen molar-refractivity contribution < 1.29 is 19.1 Å². The highest BCUT2D eigenvalue weighted by Gasteiger charge is 2.13. The molecule has 0 radical (unpaired) electrons. The van der Waals surface area contributed by atoms with E-state index in [9.17, 15) is 9.59 Å². The van der Waals surface area contributed by atoms with Gasteiger partial charge in [0.1, 0.15) is 6.10 Å². The smallest absolute Gasteiger partial charge is 0.330 e. The molecular weight excluding hydrogens is 232 g/mol. The van der Waals surface area contributed by atoms with Crippen LogP contribution in [-0.2, 0) is 19.1 Å². The summed E-state index contributed by atoms with van der Waals surface area (Å²) in [5, 5.41) is 0. The highest BCUT2D eigenvalue weighted by atomic mass is 16.6. The van der Waals surface area contributed by atoms with Gasteiger partial charge in [-0.05, 0) is 12.8 Å². The molecule has 4 nitrogen and oxygen atoms in total. The fraction of sp³-hybridized carbons (Fsp3) is 0.571. The quantitative estimate of drug-likeness (QED) is 0.342. The van der Waals surface area contributed by atoms with Crippen LogP contribution in [0.3, 0.4) is 0 Å². The van der Waals surface area contributed by atoms with E-state index in [1.165, 1.54) is 0 Å². The van der Waals surface area contributed by atoms with Crippen LogP contribution in [-0.4, -0.2) is 24.6 Å². The van der Waals surface area contributed by atoms with E-state index >= 15 is 0 Å². The summed E-state index contributed by atoms with van der Waals surface area (Å²) in [6, 6.07) is 0. The molecule has 102 valence electrons. The third kappa shape index (κ3) is 8.56. The third-order valence-electron chi connectivity index (χ3n) is 2.43. The fourth-order valence-corrected chi connectivity index (χ4v) is 1.45. The van der Waals surface area contributed by atoms with Gasteiger partial charge in [-0.2, -0.15) is 0 Å². The predicted octanol–water partition coefficient (Wildman–Crippen LogP) is 2.78. The largest absolute Gasteiger partial charge is 0.462 e. The summed E-state index contributed by atoms with van der Waals surface area (Å²) < 4.78 is 10.1. The number of rotatable bonds is 10. The molecule has 0 N–H and O–H groups in total. The Balaban J connectivity index is 4.02. The lowest BCUT2D eigenvalue weighted by atomic mass is 10.1. The second kappa shape index (κ2) is 10.6. The molecule has 0 aliphatic carbocycles. The van der Waals surface area contributed by atoms with Crippen LogP contribution in [0, 0.1) is 0 Å². The zero-order valence-corrected chi connectivity index (χ0v) is 11.0. The lowest BCUT2D eigenvalue weighted by Crippen LogP contribution is -2.19. The Labute approximate surface area is 109 Å². The Morgan fingerprint density at radius 3 is 2.33 bits per heavy atom. The zero-order valence-electron chi connectivity index (χ0n) is 11.0. The van der Waals surface area contributed by atoms with Gasteiger partial charge in [-0.3, -0.25) is 0 Å². The van der Waals surface area contributed by atoms with E-state index in [4.69, 9.17) is 9.47 Å². The van der Waals surface area contributed by atoms with Crippen LogP contribution in [0.2, 0.25) is 0 Å². The Hall–Kier alpha value is -1.58. The lowest BCUT2D eigenvalue weighted by Gasteiger charge is -2.16. The first-order valence-electron chi connectivity index (χ1n) is 6.26. The highest BCUT2D eigenvalue weighted by Crippen LogP contribution is 2.11. The van der Waals surface area contributed by atoms with Gasteiger partial charge in [0, 0.05) is 18.6 Å². The van der Waals surface area contributed by atoms with Gasteiger partial charge in [-0.1, -0.05) is 32.9 Å². The minimum Gasteiger partial charge on any atom is -0.462 e. The molecule has 0 aromatic heterocycles. The van der Waals surface area contributed by atoms with Gasteiger partial charge >= 0.3 is 11.9 Å². The summed E-state index contributed by atoms with van der Waals surface area (Å²) in [5.74, 6) is -0.899. The van der Waals surface area contributed by atoms with Crippen LogP contribution in [0.1, 0.15) is 39.0 Å². The predicted molar refractivity (Wildman–Crippen MR) is 70.0 cm³/mol. The Bertz CT molecular complexity index is 284. The SMILES string of the molecule is C=CC(=O)OCCC(CCCCC)OC(=O)C=C. The fourth-order valence-electron chi connectivity index (χ4n) is 1.45. The second-order valence-corrected chi connectivity index (χ2v) is 3.92. The average Bonchev–Trinajstić information content (AvgIpc) is 2.38. The van der Waals surface area contributed by atoms with Gasteiger partial charge in [-0.15, -0.1) is 0 Å². The molecule has 0 saturated heterocycles. The topological polar surface area (TPSA) is 52.6 Å². The number of carbonyl (C=O) groups is 2. The Morgan fingerprint density at radius 1 is 1.11 bits per heavy atom. The third-order valence-corrected chi connectivity index (χ3v) is 2.43. The van der Waals surface area contributed by atoms with E-state index in [1.54, 1.807) is 0 Å². The normalized spacial score (nSPS) is 11.4. The van der Waals surface area contributed by atoms with E-state index in [1.807, 2.05) is 0 Å². The molecular formula is C14H22O4. The van der Waals surface area contributed by atoms with Crippen molar-refractivity contribution in [2.75, 3.05) is 6.61 Å². The van der Waals surface area contributed by atoms with Crippen molar-refractivity contribution >= 4 is 11.9 Å². The summed E-state index contributed by atoms with van der Waals surface area (Å²) in [6.45, 7) is 9.00. The summed E-state index contributed by atoms with van der Waals surface area (Å²) >= 11 is 0. The number of hydrogen-bond donors (Lipinski definition) is 0. The van der Waals surface area contributed by atoms with Crippen LogP contribution in [0.25, 0.3) is 0 Å². The lowest BCUT2D eigenvalue weighted by molar-refractivity contribution is -0.145. The zero-order chi connectivity index (χ0) is 13.8. The van der Waals surface area contributed by atoms with Crippen molar-refractivity contribution in [1.82, 2.24) is 0 Å². The maximum Gasteiger partial charge on any atom is 0.330 e. The maximum absolute atomic E-state index is 11.1. The van der Waals surface area contributed by atoms with Crippen LogP contribution in [0.5, 0.6) is 0 Å². The summed E-state index contributed by atoms with van der Waals surface area (Å²) in [4.78, 5) is 22.0. The van der Waals surface area contributed by atoms with Crippen molar-refractivity contribution in [1.29, 1.82) is 0 Å². The molecule has 1 unspecified atom stereocenters. The summed E-state index contributed by atoms with van der Waals surface area (Å²) in [5.41, 5.74) is 0. The van der Waals surface area contributed by atoms with Crippen LogP contribution in [0.4, 0.5) is 0 Å². The molecule has 0 aliphatic rings. The number of carbonyl (C=O) groups excluding carboxylic acids is 2. The van der Waals surface area contributed by atoms with Gasteiger partial charge in [0.25, 0.3) is 0 Å². The molecule has 0 spiro atoms. The van der Waals surface area contributed by atoms with E-state index in [0.29, 0.717) is 6.42 Å². The average molecular weight is 254 g/mol. The monoisotopic (exact) mass is 254 g/mol. The van der Waals surface area contributed by atoms with Crippen LogP contribution in [0.15, 0.2) is 25.3 Å². The number of ether oxygens (including phenoxy) is 2. The van der Waals surface area contributed by atoms with E-state index in [2.05, 4.69) is 20.1 Å². The van der Waals surface area contributed by atoms with E-state index < -0.39 is 11.9 Å². The molecule has 0 fully saturated rings. The Kier molecular flexibility index (Phi) is 9.64. The molecule has 0 heterocycles. The minimum absolute atomic E-state index is 0.223. The van der Waals surface area contributed by atoms with Crippen molar-refractivity contribution in [3.63, 3.8) is 0 Å². The summed E-state index contributed by atoms with van der Waals surface area (Å²) in [6.07, 6.45) is 6.50. The van der Waals surface area contributed by atoms with Gasteiger partial charge in [0.05, 0.1) is 6.61 Å². The number of esters is 2.